The monoisotopic (exact) mass is 330 g/mol. The molecule has 0 bridgehead atoms. The fraction of sp³-hybridized carbons (Fsp3) is 0.500. The van der Waals surface area contributed by atoms with Crippen molar-refractivity contribution in [2.75, 3.05) is 18.4 Å². The van der Waals surface area contributed by atoms with Crippen LogP contribution in [-0.4, -0.2) is 49.4 Å². The van der Waals surface area contributed by atoms with E-state index in [1.54, 1.807) is 21.8 Å². The van der Waals surface area contributed by atoms with Crippen LogP contribution < -0.4 is 5.32 Å². The van der Waals surface area contributed by atoms with Crippen LogP contribution in [0.4, 0.5) is 5.69 Å². The number of hydrogen-bond acceptors (Lipinski definition) is 4. The Kier molecular flexibility index (Phi) is 4.64. The molecule has 0 unspecified atom stereocenters. The van der Waals surface area contributed by atoms with Crippen molar-refractivity contribution in [3.63, 3.8) is 0 Å². The van der Waals surface area contributed by atoms with Gasteiger partial charge in [-0.3, -0.25) is 19.0 Å². The number of aromatic nitrogens is 4. The average Bonchev–Trinajstić information content (AvgIpc) is 3.22. The second-order valence-electron chi connectivity index (χ2n) is 6.15. The Morgan fingerprint density at radius 3 is 2.62 bits per heavy atom. The van der Waals surface area contributed by atoms with E-state index in [4.69, 9.17) is 0 Å². The van der Waals surface area contributed by atoms with Gasteiger partial charge in [0.2, 0.25) is 11.8 Å². The first-order chi connectivity index (χ1) is 11.5. The number of carbonyl (C=O) groups is 2. The van der Waals surface area contributed by atoms with E-state index in [0.717, 1.165) is 37.3 Å². The maximum atomic E-state index is 12.1. The molecule has 8 heteroatoms. The minimum Gasteiger partial charge on any atom is -0.341 e. The van der Waals surface area contributed by atoms with Crippen molar-refractivity contribution < 1.29 is 9.59 Å². The van der Waals surface area contributed by atoms with Crippen molar-refractivity contribution in [1.29, 1.82) is 0 Å². The lowest BCUT2D eigenvalue weighted by atomic mass is 10.4. The summed E-state index contributed by atoms with van der Waals surface area (Å²) in [6, 6.07) is 1.93. The number of amides is 2. The molecule has 0 aromatic carbocycles. The van der Waals surface area contributed by atoms with Gasteiger partial charge in [-0.2, -0.15) is 10.2 Å². The zero-order valence-corrected chi connectivity index (χ0v) is 14.0. The van der Waals surface area contributed by atoms with Gasteiger partial charge in [0.15, 0.2) is 0 Å². The molecule has 0 spiro atoms. The molecular weight excluding hydrogens is 308 g/mol. The van der Waals surface area contributed by atoms with Crippen LogP contribution in [-0.2, 0) is 22.7 Å². The quantitative estimate of drug-likeness (QED) is 0.885. The first-order valence-corrected chi connectivity index (χ1v) is 8.12. The highest BCUT2D eigenvalue weighted by Crippen LogP contribution is 2.10. The van der Waals surface area contributed by atoms with Crippen molar-refractivity contribution in [1.82, 2.24) is 24.5 Å². The highest BCUT2D eigenvalue weighted by atomic mass is 16.2. The van der Waals surface area contributed by atoms with Gasteiger partial charge in [-0.05, 0) is 32.8 Å². The molecule has 3 rings (SSSR count). The number of aryl methyl sites for hydroxylation is 2. The third-order valence-corrected chi connectivity index (χ3v) is 4.07. The van der Waals surface area contributed by atoms with Gasteiger partial charge in [0.25, 0.3) is 0 Å². The predicted molar refractivity (Wildman–Crippen MR) is 88.4 cm³/mol. The van der Waals surface area contributed by atoms with E-state index in [-0.39, 0.29) is 24.9 Å². The number of anilines is 1. The second-order valence-corrected chi connectivity index (χ2v) is 6.15. The zero-order chi connectivity index (χ0) is 17.1. The van der Waals surface area contributed by atoms with Gasteiger partial charge in [0.1, 0.15) is 13.1 Å². The Morgan fingerprint density at radius 1 is 1.21 bits per heavy atom. The zero-order valence-electron chi connectivity index (χ0n) is 14.0. The minimum atomic E-state index is -0.174. The minimum absolute atomic E-state index is 0.0658. The molecule has 128 valence electrons. The van der Waals surface area contributed by atoms with Crippen LogP contribution in [0.5, 0.6) is 0 Å². The van der Waals surface area contributed by atoms with Gasteiger partial charge in [-0.25, -0.2) is 0 Å². The summed E-state index contributed by atoms with van der Waals surface area (Å²) in [5.74, 6) is -0.109. The van der Waals surface area contributed by atoms with Crippen LogP contribution in [0.1, 0.15) is 24.2 Å². The van der Waals surface area contributed by atoms with Crippen LogP contribution >= 0.6 is 0 Å². The van der Waals surface area contributed by atoms with Crippen molar-refractivity contribution in [2.24, 2.45) is 0 Å². The topological polar surface area (TPSA) is 85.0 Å². The number of nitrogens with one attached hydrogen (secondary N) is 1. The Bertz CT molecular complexity index is 742. The summed E-state index contributed by atoms with van der Waals surface area (Å²) in [6.45, 7) is 5.81. The van der Waals surface area contributed by atoms with E-state index in [1.165, 1.54) is 0 Å². The average molecular weight is 330 g/mol. The van der Waals surface area contributed by atoms with Crippen molar-refractivity contribution in [3.05, 3.63) is 29.8 Å². The molecule has 1 saturated heterocycles. The van der Waals surface area contributed by atoms with Crippen molar-refractivity contribution in [2.45, 2.75) is 39.8 Å². The molecule has 24 heavy (non-hydrogen) atoms. The Hall–Kier alpha value is -2.64. The molecule has 0 aliphatic carbocycles. The first-order valence-electron chi connectivity index (χ1n) is 8.12. The van der Waals surface area contributed by atoms with Crippen LogP contribution in [0.2, 0.25) is 0 Å². The summed E-state index contributed by atoms with van der Waals surface area (Å²) in [7, 11) is 0. The second kappa shape index (κ2) is 6.86. The molecule has 2 amide bonds. The smallest absolute Gasteiger partial charge is 0.246 e. The molecule has 0 saturated carbocycles. The van der Waals surface area contributed by atoms with Crippen molar-refractivity contribution in [3.8, 4) is 0 Å². The number of nitrogens with zero attached hydrogens (tertiary/aromatic N) is 5. The van der Waals surface area contributed by atoms with Gasteiger partial charge >= 0.3 is 0 Å². The molecule has 2 aromatic heterocycles. The van der Waals surface area contributed by atoms with Crippen LogP contribution in [0.3, 0.4) is 0 Å². The van der Waals surface area contributed by atoms with Gasteiger partial charge in [0.05, 0.1) is 17.6 Å². The fourth-order valence-corrected chi connectivity index (χ4v) is 2.89. The molecule has 2 aromatic rings. The maximum absolute atomic E-state index is 12.1. The SMILES string of the molecule is Cc1cc(C)n(CC(=O)Nc2cnn(CC(=O)N3CCCC3)c2)n1. The fourth-order valence-electron chi connectivity index (χ4n) is 2.89. The summed E-state index contributed by atoms with van der Waals surface area (Å²) in [4.78, 5) is 26.0. The summed E-state index contributed by atoms with van der Waals surface area (Å²) >= 11 is 0. The maximum Gasteiger partial charge on any atom is 0.246 e. The van der Waals surface area contributed by atoms with Crippen LogP contribution in [0, 0.1) is 13.8 Å². The normalized spacial score (nSPS) is 14.2. The van der Waals surface area contributed by atoms with E-state index in [2.05, 4.69) is 15.5 Å². The van der Waals surface area contributed by atoms with E-state index in [9.17, 15) is 9.59 Å². The largest absolute Gasteiger partial charge is 0.341 e. The van der Waals surface area contributed by atoms with Crippen LogP contribution in [0.15, 0.2) is 18.5 Å². The number of hydrogen-bond donors (Lipinski definition) is 1. The summed E-state index contributed by atoms with van der Waals surface area (Å²) in [5, 5.41) is 11.2. The molecule has 0 radical (unpaired) electrons. The van der Waals surface area contributed by atoms with Crippen LogP contribution in [0.25, 0.3) is 0 Å². The number of likely N-dealkylation sites (tertiary alicyclic amines) is 1. The molecule has 1 aliphatic rings. The lowest BCUT2D eigenvalue weighted by Gasteiger charge is -2.14. The van der Waals surface area contributed by atoms with E-state index >= 15 is 0 Å². The molecule has 1 N–H and O–H groups in total. The number of rotatable bonds is 5. The first kappa shape index (κ1) is 16.2. The standard InChI is InChI=1S/C16H22N6O2/c1-12-7-13(2)22(19-12)10-15(23)18-14-8-17-21(9-14)11-16(24)20-5-3-4-6-20/h7-9H,3-6,10-11H2,1-2H3,(H,18,23). The lowest BCUT2D eigenvalue weighted by molar-refractivity contribution is -0.130. The van der Waals surface area contributed by atoms with Gasteiger partial charge in [-0.1, -0.05) is 0 Å². The summed E-state index contributed by atoms with van der Waals surface area (Å²) in [5.41, 5.74) is 2.40. The predicted octanol–water partition coefficient (Wildman–Crippen LogP) is 0.958. The molecule has 1 aliphatic heterocycles. The number of carbonyl (C=O) groups excluding carboxylic acids is 2. The summed E-state index contributed by atoms with van der Waals surface area (Å²) < 4.78 is 3.21. The highest BCUT2D eigenvalue weighted by Gasteiger charge is 2.18. The van der Waals surface area contributed by atoms with Gasteiger partial charge < -0.3 is 10.2 Å². The third kappa shape index (κ3) is 3.81. The molecule has 3 heterocycles. The van der Waals surface area contributed by atoms with Gasteiger partial charge in [0, 0.05) is 25.0 Å². The molecule has 0 atom stereocenters. The summed E-state index contributed by atoms with van der Waals surface area (Å²) in [6.07, 6.45) is 5.36. The highest BCUT2D eigenvalue weighted by molar-refractivity contribution is 5.90. The Labute approximate surface area is 140 Å². The Balaban J connectivity index is 1.54. The molecule has 1 fully saturated rings. The molecule has 8 nitrogen and oxygen atoms in total. The molecular formula is C16H22N6O2. The Morgan fingerprint density at radius 2 is 1.96 bits per heavy atom. The van der Waals surface area contributed by atoms with Gasteiger partial charge in [-0.15, -0.1) is 0 Å². The van der Waals surface area contributed by atoms with E-state index in [0.29, 0.717) is 5.69 Å². The van der Waals surface area contributed by atoms with E-state index < -0.39 is 0 Å². The van der Waals surface area contributed by atoms with E-state index in [1.807, 2.05) is 24.8 Å². The lowest BCUT2D eigenvalue weighted by Crippen LogP contribution is -2.31. The van der Waals surface area contributed by atoms with Crippen molar-refractivity contribution >= 4 is 17.5 Å². The third-order valence-electron chi connectivity index (χ3n) is 4.07.